The normalized spacial score (nSPS) is 13.2. The molecule has 1 atom stereocenters. The molecule has 0 aliphatic rings. The number of hydrogen-bond donors (Lipinski definition) is 3. The van der Waals surface area contributed by atoms with Crippen molar-refractivity contribution in [3.8, 4) is 0 Å². The number of carbonyl (C=O) groups is 2. The zero-order valence-electron chi connectivity index (χ0n) is 11.1. The summed E-state index contributed by atoms with van der Waals surface area (Å²) in [6.07, 6.45) is 2.22. The van der Waals surface area contributed by atoms with Crippen molar-refractivity contribution in [2.45, 2.75) is 40.0 Å². The average Bonchev–Trinajstić information content (AvgIpc) is 2.24. The molecule has 0 aromatic heterocycles. The number of nitrogens with one attached hydrogen (secondary N) is 1. The molecule has 0 spiro atoms. The van der Waals surface area contributed by atoms with Gasteiger partial charge >= 0.3 is 0 Å². The van der Waals surface area contributed by atoms with Crippen LogP contribution in [0.1, 0.15) is 40.0 Å². The second kappa shape index (κ2) is 7.27. The van der Waals surface area contributed by atoms with Crippen LogP contribution in [0.15, 0.2) is 0 Å². The lowest BCUT2D eigenvalue weighted by atomic mass is 9.92. The highest BCUT2D eigenvalue weighted by atomic mass is 16.2. The lowest BCUT2D eigenvalue weighted by Gasteiger charge is -2.20. The van der Waals surface area contributed by atoms with Gasteiger partial charge in [0.05, 0.1) is 5.41 Å². The van der Waals surface area contributed by atoms with Crippen LogP contribution in [0.5, 0.6) is 0 Å². The third-order valence-corrected chi connectivity index (χ3v) is 2.92. The molecule has 0 aromatic rings. The topological polar surface area (TPSA) is 98.2 Å². The fourth-order valence-corrected chi connectivity index (χ4v) is 1.30. The summed E-state index contributed by atoms with van der Waals surface area (Å²) >= 11 is 0. The van der Waals surface area contributed by atoms with Crippen molar-refractivity contribution in [1.82, 2.24) is 5.32 Å². The molecule has 0 aromatic carbocycles. The molecule has 0 saturated heterocycles. The van der Waals surface area contributed by atoms with Crippen LogP contribution < -0.4 is 16.8 Å². The smallest absolute Gasteiger partial charge is 0.224 e. The lowest BCUT2D eigenvalue weighted by molar-refractivity contribution is -0.127. The molecule has 5 nitrogen and oxygen atoms in total. The van der Waals surface area contributed by atoms with E-state index in [9.17, 15) is 9.59 Å². The first-order valence-electron chi connectivity index (χ1n) is 6.06. The fraction of sp³-hybridized carbons (Fsp3) is 0.833. The van der Waals surface area contributed by atoms with Gasteiger partial charge < -0.3 is 16.8 Å². The largest absolute Gasteiger partial charge is 0.369 e. The fourth-order valence-electron chi connectivity index (χ4n) is 1.30. The molecule has 0 fully saturated rings. The van der Waals surface area contributed by atoms with Crippen LogP contribution in [-0.4, -0.2) is 24.9 Å². The molecule has 17 heavy (non-hydrogen) atoms. The van der Waals surface area contributed by atoms with Crippen molar-refractivity contribution in [2.75, 3.05) is 13.1 Å². The average molecular weight is 243 g/mol. The standard InChI is InChI=1S/C12H25N3O2/c1-9(6-7-13)4-5-10(16)15-8-12(2,3)11(14)17/h9H,4-8,13H2,1-3H3,(H2,14,17)(H,15,16). The Balaban J connectivity index is 3.84. The predicted molar refractivity (Wildman–Crippen MR) is 68.1 cm³/mol. The van der Waals surface area contributed by atoms with Crippen LogP contribution in [0.25, 0.3) is 0 Å². The Morgan fingerprint density at radius 1 is 1.29 bits per heavy atom. The van der Waals surface area contributed by atoms with Gasteiger partial charge in [-0.05, 0) is 39.2 Å². The molecule has 0 bridgehead atoms. The molecule has 0 radical (unpaired) electrons. The van der Waals surface area contributed by atoms with Crippen LogP contribution in [0, 0.1) is 11.3 Å². The van der Waals surface area contributed by atoms with E-state index in [1.165, 1.54) is 0 Å². The monoisotopic (exact) mass is 243 g/mol. The van der Waals surface area contributed by atoms with Crippen molar-refractivity contribution in [3.05, 3.63) is 0 Å². The van der Waals surface area contributed by atoms with Gasteiger partial charge in [-0.3, -0.25) is 9.59 Å². The van der Waals surface area contributed by atoms with E-state index < -0.39 is 11.3 Å². The summed E-state index contributed by atoms with van der Waals surface area (Å²) in [7, 11) is 0. The Morgan fingerprint density at radius 2 is 1.88 bits per heavy atom. The molecule has 2 amide bonds. The number of nitrogens with two attached hydrogens (primary N) is 2. The lowest BCUT2D eigenvalue weighted by Crippen LogP contribution is -2.42. The zero-order valence-corrected chi connectivity index (χ0v) is 11.1. The van der Waals surface area contributed by atoms with Gasteiger partial charge in [-0.1, -0.05) is 6.92 Å². The van der Waals surface area contributed by atoms with E-state index in [0.717, 1.165) is 12.8 Å². The molecule has 5 N–H and O–H groups in total. The maximum absolute atomic E-state index is 11.5. The highest BCUT2D eigenvalue weighted by Crippen LogP contribution is 2.13. The molecular weight excluding hydrogens is 218 g/mol. The van der Waals surface area contributed by atoms with Crippen LogP contribution in [0.2, 0.25) is 0 Å². The molecule has 5 heteroatoms. The third kappa shape index (κ3) is 6.94. The summed E-state index contributed by atoms with van der Waals surface area (Å²) in [5, 5.41) is 2.73. The first-order valence-corrected chi connectivity index (χ1v) is 6.06. The van der Waals surface area contributed by atoms with Crippen LogP contribution >= 0.6 is 0 Å². The Hall–Kier alpha value is -1.10. The van der Waals surface area contributed by atoms with Gasteiger partial charge in [0.1, 0.15) is 0 Å². The van der Waals surface area contributed by atoms with E-state index in [2.05, 4.69) is 12.2 Å². The maximum atomic E-state index is 11.5. The van der Waals surface area contributed by atoms with E-state index in [4.69, 9.17) is 11.5 Å². The highest BCUT2D eigenvalue weighted by molar-refractivity contribution is 5.82. The molecule has 0 rings (SSSR count). The van der Waals surface area contributed by atoms with Gasteiger partial charge in [0.15, 0.2) is 0 Å². The molecule has 0 heterocycles. The van der Waals surface area contributed by atoms with E-state index in [-0.39, 0.29) is 12.5 Å². The van der Waals surface area contributed by atoms with E-state index >= 15 is 0 Å². The summed E-state index contributed by atoms with van der Waals surface area (Å²) in [6.45, 7) is 6.44. The number of primary amides is 1. The second-order valence-electron chi connectivity index (χ2n) is 5.25. The number of carbonyl (C=O) groups excluding carboxylic acids is 2. The summed E-state index contributed by atoms with van der Waals surface area (Å²) in [4.78, 5) is 22.6. The minimum atomic E-state index is -0.696. The van der Waals surface area contributed by atoms with Crippen molar-refractivity contribution < 1.29 is 9.59 Å². The zero-order chi connectivity index (χ0) is 13.5. The summed E-state index contributed by atoms with van der Waals surface area (Å²) in [5.74, 6) is 0.00685. The van der Waals surface area contributed by atoms with Crippen molar-refractivity contribution >= 4 is 11.8 Å². The second-order valence-corrected chi connectivity index (χ2v) is 5.25. The number of rotatable bonds is 8. The predicted octanol–water partition coefficient (Wildman–Crippen LogP) is 0.379. The van der Waals surface area contributed by atoms with E-state index in [1.54, 1.807) is 13.8 Å². The molecule has 100 valence electrons. The van der Waals surface area contributed by atoms with E-state index in [0.29, 0.717) is 18.9 Å². The maximum Gasteiger partial charge on any atom is 0.224 e. The summed E-state index contributed by atoms with van der Waals surface area (Å²) < 4.78 is 0. The Kier molecular flexibility index (Phi) is 6.80. The van der Waals surface area contributed by atoms with Gasteiger partial charge in [0.25, 0.3) is 0 Å². The van der Waals surface area contributed by atoms with Crippen LogP contribution in [0.3, 0.4) is 0 Å². The molecule has 0 saturated carbocycles. The minimum absolute atomic E-state index is 0.0387. The van der Waals surface area contributed by atoms with E-state index in [1.807, 2.05) is 0 Å². The molecular formula is C12H25N3O2. The van der Waals surface area contributed by atoms with Crippen LogP contribution in [0.4, 0.5) is 0 Å². The highest BCUT2D eigenvalue weighted by Gasteiger charge is 2.25. The van der Waals surface area contributed by atoms with Crippen molar-refractivity contribution in [3.63, 3.8) is 0 Å². The number of amides is 2. The summed E-state index contributed by atoms with van der Waals surface area (Å²) in [6, 6.07) is 0. The Morgan fingerprint density at radius 3 is 2.35 bits per heavy atom. The quantitative estimate of drug-likeness (QED) is 0.574. The van der Waals surface area contributed by atoms with Crippen molar-refractivity contribution in [2.24, 2.45) is 22.8 Å². The van der Waals surface area contributed by atoms with Gasteiger partial charge in [-0.2, -0.15) is 0 Å². The molecule has 1 unspecified atom stereocenters. The first kappa shape index (κ1) is 15.9. The van der Waals surface area contributed by atoms with Gasteiger partial charge in [0, 0.05) is 13.0 Å². The molecule has 0 aliphatic heterocycles. The van der Waals surface area contributed by atoms with Gasteiger partial charge in [0.2, 0.25) is 11.8 Å². The van der Waals surface area contributed by atoms with Crippen molar-refractivity contribution in [1.29, 1.82) is 0 Å². The van der Waals surface area contributed by atoms with Gasteiger partial charge in [-0.15, -0.1) is 0 Å². The third-order valence-electron chi connectivity index (χ3n) is 2.92. The Labute approximate surface area is 103 Å². The molecule has 0 aliphatic carbocycles. The van der Waals surface area contributed by atoms with Gasteiger partial charge in [-0.25, -0.2) is 0 Å². The number of hydrogen-bond acceptors (Lipinski definition) is 3. The first-order chi connectivity index (χ1) is 7.79. The SMILES string of the molecule is CC(CCN)CCC(=O)NCC(C)(C)C(N)=O. The minimum Gasteiger partial charge on any atom is -0.369 e. The summed E-state index contributed by atoms with van der Waals surface area (Å²) in [5.41, 5.74) is 9.95. The van der Waals surface area contributed by atoms with Crippen LogP contribution in [-0.2, 0) is 9.59 Å². The Bertz CT molecular complexity index is 264.